The maximum atomic E-state index is 14.7. The van der Waals surface area contributed by atoms with E-state index < -0.39 is 39.6 Å². The molecule has 18 heteroatoms. The van der Waals surface area contributed by atoms with Crippen LogP contribution in [-0.2, 0) is 16.2 Å². The number of oxime groups is 1. The topological polar surface area (TPSA) is 232 Å². The lowest BCUT2D eigenvalue weighted by atomic mass is 9.55. The Bertz CT molecular complexity index is 2570. The highest BCUT2D eigenvalue weighted by molar-refractivity contribution is 6.03. The van der Waals surface area contributed by atoms with E-state index in [0.717, 1.165) is 11.1 Å². The Kier molecular flexibility index (Phi) is 17.0. The van der Waals surface area contributed by atoms with E-state index in [-0.39, 0.29) is 68.4 Å². The van der Waals surface area contributed by atoms with Gasteiger partial charge in [-0.1, -0.05) is 37.1 Å². The number of carbonyl (C=O) groups is 2. The number of unbranched alkanes of at least 4 members (excludes halogenated alkanes) is 2. The minimum atomic E-state index is -1.62. The molecule has 0 spiro atoms. The molecule has 2 N–H and O–H groups in total. The second kappa shape index (κ2) is 23.4. The predicted octanol–water partition coefficient (Wildman–Crippen LogP) is 9.86. The van der Waals surface area contributed by atoms with Crippen molar-refractivity contribution in [1.29, 1.82) is 0 Å². The molecule has 0 bridgehead atoms. The van der Waals surface area contributed by atoms with Crippen molar-refractivity contribution in [3.8, 4) is 28.7 Å². The molecule has 18 nitrogen and oxygen atoms in total. The summed E-state index contributed by atoms with van der Waals surface area (Å²) in [4.78, 5) is 56.3. The fourth-order valence-electron chi connectivity index (χ4n) is 10.0. The number of amides is 1. The number of methoxy groups -OCH3 is 1. The molecule has 7 rings (SSSR count). The molecule has 3 aliphatic rings. The van der Waals surface area contributed by atoms with Gasteiger partial charge in [-0.3, -0.25) is 29.9 Å². The van der Waals surface area contributed by atoms with E-state index in [9.17, 15) is 40.0 Å². The van der Waals surface area contributed by atoms with Gasteiger partial charge in [-0.15, -0.1) is 6.58 Å². The first-order valence-electron chi connectivity index (χ1n) is 23.5. The van der Waals surface area contributed by atoms with E-state index in [2.05, 4.69) is 12.7 Å². The molecule has 70 heavy (non-hydrogen) atoms. The van der Waals surface area contributed by atoms with Gasteiger partial charge in [0, 0.05) is 61.9 Å². The number of benzene rings is 4. The number of aliphatic hydroxyl groups excluding tert-OH is 2. The monoisotopic (exact) mass is 962 g/mol. The van der Waals surface area contributed by atoms with Gasteiger partial charge in [0.15, 0.2) is 6.29 Å². The number of nitrogens with zero attached hydrogens (tertiary/aromatic N) is 4. The lowest BCUT2D eigenvalue weighted by molar-refractivity contribution is -0.385. The maximum Gasteiger partial charge on any atom is 0.415 e. The largest absolute Gasteiger partial charge is 0.496 e. The van der Waals surface area contributed by atoms with Crippen LogP contribution < -0.4 is 18.9 Å². The summed E-state index contributed by atoms with van der Waals surface area (Å²) in [5.74, 6) is -1.10. The molecule has 1 saturated carbocycles. The molecule has 2 aliphatic carbocycles. The molecular weight excluding hydrogens is 905 g/mol. The van der Waals surface area contributed by atoms with Gasteiger partial charge < -0.3 is 38.7 Å². The summed E-state index contributed by atoms with van der Waals surface area (Å²) < 4.78 is 32.1. The number of rotatable bonds is 24. The lowest BCUT2D eigenvalue weighted by Gasteiger charge is -2.59. The number of hydrogen-bond donors (Lipinski definition) is 2. The van der Waals surface area contributed by atoms with Gasteiger partial charge in [-0.2, -0.15) is 0 Å². The number of fused-ring (bicyclic) bond motifs is 2. The maximum absolute atomic E-state index is 14.7. The second-order valence-electron chi connectivity index (χ2n) is 17.4. The molecule has 4 aromatic rings. The summed E-state index contributed by atoms with van der Waals surface area (Å²) >= 11 is 0. The number of nitro benzene ring substituents is 2. The first-order chi connectivity index (χ1) is 34.0. The van der Waals surface area contributed by atoms with Crippen LogP contribution in [0.5, 0.6) is 28.7 Å². The van der Waals surface area contributed by atoms with Gasteiger partial charge in [0.1, 0.15) is 41.4 Å². The summed E-state index contributed by atoms with van der Waals surface area (Å²) in [5.41, 5.74) is 2.75. The van der Waals surface area contributed by atoms with Crippen LogP contribution in [0.4, 0.5) is 16.2 Å². The van der Waals surface area contributed by atoms with Crippen molar-refractivity contribution in [3.05, 3.63) is 146 Å². The Balaban J connectivity index is 1.42. The number of nitro groups is 2. The van der Waals surface area contributed by atoms with Gasteiger partial charge in [-0.05, 0) is 116 Å². The number of allylic oxidation sites excluding steroid dienone is 1. The molecule has 1 aliphatic heterocycles. The Morgan fingerprint density at radius 1 is 0.914 bits per heavy atom. The van der Waals surface area contributed by atoms with Gasteiger partial charge in [0.2, 0.25) is 5.79 Å². The minimum Gasteiger partial charge on any atom is -0.496 e. The zero-order valence-corrected chi connectivity index (χ0v) is 39.2. The second-order valence-corrected chi connectivity index (χ2v) is 17.4. The Hall–Kier alpha value is -7.15. The quantitative estimate of drug-likeness (QED) is 0.0219. The first-order valence-corrected chi connectivity index (χ1v) is 23.5. The number of non-ortho nitro benzene ring substituents is 2. The van der Waals surface area contributed by atoms with E-state index in [4.69, 9.17) is 33.7 Å². The minimum absolute atomic E-state index is 0.000376. The SMILES string of the molecule is C=CCOC12Oc3ccc(Oc4ccc(OC)c(C=O)c4)cc3C3C(CCCCO)C(CCCCO)C=C(C(=NOCc4ccc([N+](=O)[O-])cc4)CC1N(CCC)C(=O)Oc1ccc([N+](=O)[O-])cc1)C32. The van der Waals surface area contributed by atoms with Crippen molar-refractivity contribution in [2.75, 3.05) is 33.5 Å². The number of aldehydes is 1. The van der Waals surface area contributed by atoms with E-state index >= 15 is 0 Å². The molecule has 370 valence electrons. The number of hydrogen-bond acceptors (Lipinski definition) is 15. The van der Waals surface area contributed by atoms with Crippen molar-refractivity contribution in [1.82, 2.24) is 4.90 Å². The molecule has 6 atom stereocenters. The fraction of sp³-hybridized carbons (Fsp3) is 0.404. The highest BCUT2D eigenvalue weighted by Gasteiger charge is 2.65. The summed E-state index contributed by atoms with van der Waals surface area (Å²) in [6.07, 6.45) is 8.17. The van der Waals surface area contributed by atoms with Crippen LogP contribution in [0.3, 0.4) is 0 Å². The van der Waals surface area contributed by atoms with Crippen molar-refractivity contribution >= 4 is 29.5 Å². The molecule has 0 saturated heterocycles. The van der Waals surface area contributed by atoms with E-state index in [1.165, 1.54) is 43.5 Å². The Morgan fingerprint density at radius 3 is 2.21 bits per heavy atom. The molecule has 0 radical (unpaired) electrons. The van der Waals surface area contributed by atoms with Gasteiger partial charge >= 0.3 is 6.09 Å². The van der Waals surface area contributed by atoms with Gasteiger partial charge in [0.05, 0.1) is 40.8 Å². The highest BCUT2D eigenvalue weighted by Crippen LogP contribution is 2.62. The van der Waals surface area contributed by atoms with Crippen LogP contribution in [0.1, 0.15) is 85.7 Å². The normalized spacial score (nSPS) is 21.5. The third-order valence-electron chi connectivity index (χ3n) is 13.1. The molecule has 6 unspecified atom stereocenters. The summed E-state index contributed by atoms with van der Waals surface area (Å²) in [7, 11) is 1.48. The molecule has 1 heterocycles. The molecule has 0 aromatic heterocycles. The standard InChI is InChI=1S/C52H58N4O14/c1-4-24-54(51(60)69-39-18-16-38(17-19-39)56(63)64)48-31-45(53-67-33-34-12-14-37(15-13-34)55(61)62)43-29-35(10-6-8-25-57)42(11-7-9-26-58)49-44-30-41(68-40-20-22-46(65-3)36(28-40)32-59)21-23-47(44)70-52(48,50(43)49)66-27-5-2/h5,12-23,28-30,32,35,42,48-50,57-58H,2,4,6-11,24-27,31,33H2,1,3H3. The van der Waals surface area contributed by atoms with Crippen LogP contribution in [-0.4, -0.2) is 88.4 Å². The van der Waals surface area contributed by atoms with Crippen molar-refractivity contribution in [3.63, 3.8) is 0 Å². The van der Waals surface area contributed by atoms with E-state index in [1.807, 2.05) is 13.0 Å². The third kappa shape index (κ3) is 11.1. The summed E-state index contributed by atoms with van der Waals surface area (Å²) in [6, 6.07) is 20.7. The Labute approximate surface area is 405 Å². The number of ether oxygens (including phenoxy) is 5. The van der Waals surface area contributed by atoms with Crippen molar-refractivity contribution in [2.24, 2.45) is 22.9 Å². The average Bonchev–Trinajstić information content (AvgIpc) is 3.36. The smallest absolute Gasteiger partial charge is 0.415 e. The molecule has 1 fully saturated rings. The van der Waals surface area contributed by atoms with E-state index in [0.29, 0.717) is 91.1 Å². The summed E-state index contributed by atoms with van der Waals surface area (Å²) in [6.45, 7) is 6.06. The zero-order valence-electron chi connectivity index (χ0n) is 39.2. The van der Waals surface area contributed by atoms with Gasteiger partial charge in [0.25, 0.3) is 11.4 Å². The summed E-state index contributed by atoms with van der Waals surface area (Å²) in [5, 5.41) is 47.7. The highest BCUT2D eigenvalue weighted by atomic mass is 16.7. The lowest BCUT2D eigenvalue weighted by Crippen LogP contribution is -2.70. The predicted molar refractivity (Wildman–Crippen MR) is 257 cm³/mol. The first kappa shape index (κ1) is 50.7. The van der Waals surface area contributed by atoms with Crippen molar-refractivity contribution < 1.29 is 58.2 Å². The van der Waals surface area contributed by atoms with Crippen LogP contribution in [0.15, 0.2) is 114 Å². The van der Waals surface area contributed by atoms with Crippen LogP contribution >= 0.6 is 0 Å². The third-order valence-corrected chi connectivity index (χ3v) is 13.1. The van der Waals surface area contributed by atoms with Gasteiger partial charge in [-0.25, -0.2) is 4.79 Å². The van der Waals surface area contributed by atoms with Crippen LogP contribution in [0.2, 0.25) is 0 Å². The van der Waals surface area contributed by atoms with E-state index in [1.54, 1.807) is 53.4 Å². The zero-order chi connectivity index (χ0) is 49.8. The molecular formula is C52H58N4O14. The Morgan fingerprint density at radius 2 is 1.57 bits per heavy atom. The van der Waals surface area contributed by atoms with Crippen LogP contribution in [0, 0.1) is 38.0 Å². The molecule has 4 aromatic carbocycles. The number of carbonyl (C=O) groups excluding carboxylic acids is 2. The van der Waals surface area contributed by atoms with Crippen LogP contribution in [0.25, 0.3) is 0 Å². The fourth-order valence-corrected chi connectivity index (χ4v) is 10.0. The molecule has 1 amide bonds. The average molecular weight is 963 g/mol. The van der Waals surface area contributed by atoms with Crippen molar-refractivity contribution in [2.45, 2.75) is 82.6 Å². The number of aliphatic hydroxyl groups is 2.